The molecule has 1 N–H and O–H groups in total. The quantitative estimate of drug-likeness (QED) is 0.275. The van der Waals surface area contributed by atoms with Crippen molar-refractivity contribution in [1.29, 1.82) is 0 Å². The van der Waals surface area contributed by atoms with Crippen molar-refractivity contribution in [1.82, 2.24) is 20.0 Å². The molecule has 2 rings (SSSR count). The van der Waals surface area contributed by atoms with Gasteiger partial charge in [0, 0.05) is 52.2 Å². The number of piperazine rings is 1. The number of guanidine groups is 1. The summed E-state index contributed by atoms with van der Waals surface area (Å²) >= 11 is 0. The van der Waals surface area contributed by atoms with Crippen LogP contribution in [0.1, 0.15) is 52.4 Å². The van der Waals surface area contributed by atoms with Gasteiger partial charge in [-0.1, -0.05) is 19.3 Å². The normalized spacial score (nSPS) is 19.5. The molecule has 2 fully saturated rings. The largest absolute Gasteiger partial charge is 0.357 e. The molecule has 0 atom stereocenters. The van der Waals surface area contributed by atoms with Crippen molar-refractivity contribution < 1.29 is 4.79 Å². The van der Waals surface area contributed by atoms with Crippen LogP contribution < -0.4 is 5.32 Å². The molecule has 2 aliphatic rings. The van der Waals surface area contributed by atoms with E-state index in [0.29, 0.717) is 0 Å². The fraction of sp³-hybridized carbons (Fsp3) is 0.895. The standard InChI is InChI=1S/C19H37N5O.HI/c1-4-20-19(24-15-13-23(14-16-24)17(2)25)21-11-8-12-22(3)18-9-6-5-7-10-18;/h18H,4-16H2,1-3H3,(H,20,21);1H. The summed E-state index contributed by atoms with van der Waals surface area (Å²) in [6, 6.07) is 0.783. The number of aliphatic imine (C=N–C) groups is 1. The van der Waals surface area contributed by atoms with E-state index in [2.05, 4.69) is 29.1 Å². The van der Waals surface area contributed by atoms with Crippen molar-refractivity contribution in [2.24, 2.45) is 4.99 Å². The number of amides is 1. The van der Waals surface area contributed by atoms with Gasteiger partial charge in [0.15, 0.2) is 5.96 Å². The van der Waals surface area contributed by atoms with Crippen LogP contribution in [0.3, 0.4) is 0 Å². The topological polar surface area (TPSA) is 51.2 Å². The second-order valence-electron chi connectivity index (χ2n) is 7.35. The first kappa shape index (κ1) is 23.5. The maximum Gasteiger partial charge on any atom is 0.219 e. The summed E-state index contributed by atoms with van der Waals surface area (Å²) in [5.74, 6) is 1.18. The minimum atomic E-state index is 0. The molecular formula is C19H38IN5O. The maximum absolute atomic E-state index is 11.5. The van der Waals surface area contributed by atoms with E-state index in [1.165, 1.54) is 32.1 Å². The molecule has 0 spiro atoms. The molecule has 0 aromatic heterocycles. The highest BCUT2D eigenvalue weighted by atomic mass is 127. The van der Waals surface area contributed by atoms with Gasteiger partial charge in [-0.3, -0.25) is 9.79 Å². The molecule has 0 bridgehead atoms. The highest BCUT2D eigenvalue weighted by Gasteiger charge is 2.21. The van der Waals surface area contributed by atoms with Crippen molar-refractivity contribution >= 4 is 35.8 Å². The van der Waals surface area contributed by atoms with Gasteiger partial charge in [-0.2, -0.15) is 0 Å². The van der Waals surface area contributed by atoms with Crippen LogP contribution in [0.2, 0.25) is 0 Å². The van der Waals surface area contributed by atoms with Gasteiger partial charge < -0.3 is 20.0 Å². The first-order valence-electron chi connectivity index (χ1n) is 10.1. The molecule has 7 heteroatoms. The second-order valence-corrected chi connectivity index (χ2v) is 7.35. The van der Waals surface area contributed by atoms with Crippen LogP contribution in [-0.4, -0.2) is 85.5 Å². The minimum Gasteiger partial charge on any atom is -0.357 e. The molecule has 6 nitrogen and oxygen atoms in total. The summed E-state index contributed by atoms with van der Waals surface area (Å²) in [4.78, 5) is 23.0. The van der Waals surface area contributed by atoms with E-state index in [4.69, 9.17) is 4.99 Å². The molecule has 0 aromatic rings. The summed E-state index contributed by atoms with van der Waals surface area (Å²) in [6.45, 7) is 9.97. The number of carbonyl (C=O) groups is 1. The van der Waals surface area contributed by atoms with Gasteiger partial charge in [0.1, 0.15) is 0 Å². The molecule has 1 heterocycles. The lowest BCUT2D eigenvalue weighted by atomic mass is 9.94. The summed E-state index contributed by atoms with van der Waals surface area (Å²) in [5, 5.41) is 3.41. The van der Waals surface area contributed by atoms with E-state index in [1.807, 2.05) is 4.90 Å². The molecular weight excluding hydrogens is 441 g/mol. The molecule has 1 saturated carbocycles. The summed E-state index contributed by atoms with van der Waals surface area (Å²) in [6.07, 6.45) is 8.03. The zero-order chi connectivity index (χ0) is 18.1. The minimum absolute atomic E-state index is 0. The predicted molar refractivity (Wildman–Crippen MR) is 119 cm³/mol. The highest BCUT2D eigenvalue weighted by molar-refractivity contribution is 14.0. The molecule has 0 aromatic carbocycles. The van der Waals surface area contributed by atoms with Gasteiger partial charge in [-0.25, -0.2) is 0 Å². The van der Waals surface area contributed by atoms with E-state index < -0.39 is 0 Å². The number of nitrogens with zero attached hydrogens (tertiary/aromatic N) is 4. The number of hydrogen-bond acceptors (Lipinski definition) is 3. The van der Waals surface area contributed by atoms with E-state index in [1.54, 1.807) is 6.92 Å². The van der Waals surface area contributed by atoms with Gasteiger partial charge in [-0.15, -0.1) is 24.0 Å². The SMILES string of the molecule is CCNC(=NCCCN(C)C1CCCCC1)N1CCN(C(C)=O)CC1.I. The van der Waals surface area contributed by atoms with Crippen LogP contribution >= 0.6 is 24.0 Å². The molecule has 1 amide bonds. The van der Waals surface area contributed by atoms with Gasteiger partial charge in [0.2, 0.25) is 5.91 Å². The smallest absolute Gasteiger partial charge is 0.219 e. The van der Waals surface area contributed by atoms with Crippen molar-refractivity contribution in [2.75, 3.05) is 52.9 Å². The van der Waals surface area contributed by atoms with Crippen LogP contribution in [0.15, 0.2) is 4.99 Å². The highest BCUT2D eigenvalue weighted by Crippen LogP contribution is 2.21. The second kappa shape index (κ2) is 12.8. The Bertz CT molecular complexity index is 432. The van der Waals surface area contributed by atoms with Gasteiger partial charge >= 0.3 is 0 Å². The van der Waals surface area contributed by atoms with E-state index in [0.717, 1.165) is 64.2 Å². The molecule has 0 unspecified atom stereocenters. The monoisotopic (exact) mass is 479 g/mol. The Balaban J connectivity index is 0.00000338. The van der Waals surface area contributed by atoms with E-state index in [9.17, 15) is 4.79 Å². The number of rotatable bonds is 6. The molecule has 0 radical (unpaired) electrons. The number of carbonyl (C=O) groups excluding carboxylic acids is 1. The lowest BCUT2D eigenvalue weighted by Gasteiger charge is -2.36. The van der Waals surface area contributed by atoms with Crippen LogP contribution in [0.4, 0.5) is 0 Å². The van der Waals surface area contributed by atoms with Gasteiger partial charge in [0.05, 0.1) is 0 Å². The molecule has 1 aliphatic heterocycles. The third-order valence-electron chi connectivity index (χ3n) is 5.49. The van der Waals surface area contributed by atoms with Crippen molar-refractivity contribution in [3.63, 3.8) is 0 Å². The average molecular weight is 479 g/mol. The van der Waals surface area contributed by atoms with Crippen LogP contribution in [0.5, 0.6) is 0 Å². The Morgan fingerprint density at radius 1 is 1.12 bits per heavy atom. The number of hydrogen-bond donors (Lipinski definition) is 1. The van der Waals surface area contributed by atoms with Crippen molar-refractivity contribution in [3.8, 4) is 0 Å². The Labute approximate surface area is 176 Å². The van der Waals surface area contributed by atoms with Crippen LogP contribution in [-0.2, 0) is 4.79 Å². The van der Waals surface area contributed by atoms with E-state index >= 15 is 0 Å². The lowest BCUT2D eigenvalue weighted by Crippen LogP contribution is -2.53. The van der Waals surface area contributed by atoms with Crippen LogP contribution in [0, 0.1) is 0 Å². The molecule has 1 aliphatic carbocycles. The van der Waals surface area contributed by atoms with E-state index in [-0.39, 0.29) is 29.9 Å². The average Bonchev–Trinajstić information content (AvgIpc) is 2.65. The van der Waals surface area contributed by atoms with Crippen molar-refractivity contribution in [2.45, 2.75) is 58.4 Å². The Morgan fingerprint density at radius 3 is 2.31 bits per heavy atom. The number of halogens is 1. The Hall–Kier alpha value is -0.570. The Kier molecular flexibility index (Phi) is 11.5. The summed E-state index contributed by atoms with van der Waals surface area (Å²) in [5.41, 5.74) is 0. The fourth-order valence-corrected chi connectivity index (χ4v) is 3.87. The zero-order valence-corrected chi connectivity index (χ0v) is 19.2. The predicted octanol–water partition coefficient (Wildman–Crippen LogP) is 2.39. The van der Waals surface area contributed by atoms with Crippen LogP contribution in [0.25, 0.3) is 0 Å². The molecule has 152 valence electrons. The van der Waals surface area contributed by atoms with Gasteiger partial charge in [-0.05, 0) is 39.8 Å². The maximum atomic E-state index is 11.5. The third kappa shape index (κ3) is 7.58. The Morgan fingerprint density at radius 2 is 1.73 bits per heavy atom. The first-order chi connectivity index (χ1) is 12.1. The number of nitrogens with one attached hydrogen (secondary N) is 1. The fourth-order valence-electron chi connectivity index (χ4n) is 3.87. The molecule has 26 heavy (non-hydrogen) atoms. The first-order valence-corrected chi connectivity index (χ1v) is 10.1. The van der Waals surface area contributed by atoms with Crippen molar-refractivity contribution in [3.05, 3.63) is 0 Å². The molecule has 1 saturated heterocycles. The third-order valence-corrected chi connectivity index (χ3v) is 5.49. The zero-order valence-electron chi connectivity index (χ0n) is 16.9. The van der Waals surface area contributed by atoms with Gasteiger partial charge in [0.25, 0.3) is 0 Å². The summed E-state index contributed by atoms with van der Waals surface area (Å²) < 4.78 is 0. The lowest BCUT2D eigenvalue weighted by molar-refractivity contribution is -0.130. The summed E-state index contributed by atoms with van der Waals surface area (Å²) in [7, 11) is 2.27.